The van der Waals surface area contributed by atoms with Crippen LogP contribution in [0.2, 0.25) is 0 Å². The van der Waals surface area contributed by atoms with Gasteiger partial charge >= 0.3 is 0 Å². The van der Waals surface area contributed by atoms with Crippen molar-refractivity contribution in [3.63, 3.8) is 0 Å². The molecule has 0 bridgehead atoms. The van der Waals surface area contributed by atoms with Crippen LogP contribution in [0.25, 0.3) is 16.8 Å². The zero-order chi connectivity index (χ0) is 25.1. The number of imide groups is 1. The molecule has 2 aliphatic rings. The Bertz CT molecular complexity index is 1540. The summed E-state index contributed by atoms with van der Waals surface area (Å²) >= 11 is 0. The Hall–Kier alpha value is -4.11. The summed E-state index contributed by atoms with van der Waals surface area (Å²) in [6.07, 6.45) is 1.76. The molecule has 0 spiro atoms. The van der Waals surface area contributed by atoms with Crippen molar-refractivity contribution in [1.29, 1.82) is 5.26 Å². The molecular weight excluding hydrogens is 433 g/mol. The first kappa shape index (κ1) is 22.7. The van der Waals surface area contributed by atoms with E-state index < -0.39 is 5.91 Å². The highest BCUT2D eigenvalue weighted by atomic mass is 16.2. The molecule has 2 heterocycles. The highest BCUT2D eigenvalue weighted by Crippen LogP contribution is 2.50. The molecule has 0 saturated carbocycles. The number of nitriles is 1. The lowest BCUT2D eigenvalue weighted by Crippen LogP contribution is -2.42. The number of likely N-dealkylation sites (N-methyl/N-ethyl adjacent to an activating group) is 1. The number of para-hydroxylation sites is 1. The van der Waals surface area contributed by atoms with E-state index in [1.165, 1.54) is 0 Å². The van der Waals surface area contributed by atoms with Gasteiger partial charge in [-0.25, -0.2) is 0 Å². The largest absolute Gasteiger partial charge is 0.397 e. The van der Waals surface area contributed by atoms with Gasteiger partial charge < -0.3 is 4.81 Å². The maximum atomic E-state index is 13.0. The molecule has 3 aromatic carbocycles. The van der Waals surface area contributed by atoms with E-state index in [0.717, 1.165) is 43.7 Å². The number of amides is 2. The zero-order valence-electron chi connectivity index (χ0n) is 20.2. The Morgan fingerprint density at radius 3 is 2.49 bits per heavy atom. The molecule has 5 rings (SSSR count). The van der Waals surface area contributed by atoms with Crippen LogP contribution in [0.5, 0.6) is 0 Å². The van der Waals surface area contributed by atoms with Crippen LogP contribution in [-0.4, -0.2) is 31.2 Å². The number of rotatable bonds is 2. The summed E-state index contributed by atoms with van der Waals surface area (Å²) in [7, 11) is 6.54. The number of anilines is 2. The monoisotopic (exact) mass is 457 g/mol. The van der Waals surface area contributed by atoms with Gasteiger partial charge in [0.15, 0.2) is 0 Å². The molecule has 35 heavy (non-hydrogen) atoms. The van der Waals surface area contributed by atoms with Crippen LogP contribution >= 0.6 is 0 Å². The van der Waals surface area contributed by atoms with Gasteiger partial charge in [-0.05, 0) is 71.2 Å². The van der Waals surface area contributed by atoms with Crippen LogP contribution < -0.4 is 4.81 Å². The number of benzene rings is 3. The zero-order valence-corrected chi connectivity index (χ0v) is 20.2. The summed E-state index contributed by atoms with van der Waals surface area (Å²) in [5, 5.41) is 11.6. The lowest BCUT2D eigenvalue weighted by Gasteiger charge is -2.41. The fraction of sp³-hybridized carbons (Fsp3) is 0.207. The summed E-state index contributed by atoms with van der Waals surface area (Å²) in [4.78, 5) is 28.4. The van der Waals surface area contributed by atoms with Gasteiger partial charge in [0.2, 0.25) is 7.98 Å². The molecule has 0 aromatic heterocycles. The van der Waals surface area contributed by atoms with E-state index in [-0.39, 0.29) is 23.4 Å². The van der Waals surface area contributed by atoms with E-state index in [4.69, 9.17) is 7.98 Å². The highest BCUT2D eigenvalue weighted by Gasteiger charge is 2.36. The first-order chi connectivity index (χ1) is 16.7. The minimum absolute atomic E-state index is 0.0102. The van der Waals surface area contributed by atoms with E-state index in [0.29, 0.717) is 11.1 Å². The predicted molar refractivity (Wildman–Crippen MR) is 139 cm³/mol. The molecule has 5 nitrogen and oxygen atoms in total. The Labute approximate surface area is 206 Å². The van der Waals surface area contributed by atoms with Crippen molar-refractivity contribution in [2.24, 2.45) is 0 Å². The quantitative estimate of drug-likeness (QED) is 0.297. The predicted octanol–water partition coefficient (Wildman–Crippen LogP) is 5.31. The van der Waals surface area contributed by atoms with Crippen LogP contribution in [0.3, 0.4) is 0 Å². The first-order valence-electron chi connectivity index (χ1n) is 11.6. The molecule has 0 aliphatic carbocycles. The third-order valence-corrected chi connectivity index (χ3v) is 7.20. The summed E-state index contributed by atoms with van der Waals surface area (Å²) in [6.45, 7) is 8.01. The molecule has 2 aliphatic heterocycles. The number of carbonyl (C=O) groups excluding carboxylic acids is 2. The van der Waals surface area contributed by atoms with Gasteiger partial charge in [-0.1, -0.05) is 50.2 Å². The van der Waals surface area contributed by atoms with Crippen molar-refractivity contribution >= 4 is 48.0 Å². The number of hydrogen-bond acceptors (Lipinski definition) is 4. The topological polar surface area (TPSA) is 64.4 Å². The molecule has 2 amide bonds. The minimum Gasteiger partial charge on any atom is -0.397 e. The van der Waals surface area contributed by atoms with E-state index in [1.54, 1.807) is 24.7 Å². The maximum absolute atomic E-state index is 13.0. The lowest BCUT2D eigenvalue weighted by molar-refractivity contribution is -0.140. The molecular formula is C29H24BN3O2. The summed E-state index contributed by atoms with van der Waals surface area (Å²) in [6, 6.07) is 20.3. The SMILES string of the molecule is [B]N1c2ccccc2C(C)(C)c2c1ccc1cc(/C=C3/C(=O)N(CC)C(=O)C(C#N)=C3C)ccc21. The number of hydrogen-bond donors (Lipinski definition) is 0. The number of nitrogens with zero attached hydrogens (tertiary/aromatic N) is 3. The van der Waals surface area contributed by atoms with E-state index in [9.17, 15) is 14.9 Å². The van der Waals surface area contributed by atoms with Gasteiger partial charge in [0.05, 0.1) is 0 Å². The fourth-order valence-corrected chi connectivity index (χ4v) is 5.34. The highest BCUT2D eigenvalue weighted by molar-refractivity contribution is 6.24. The van der Waals surface area contributed by atoms with Crippen LogP contribution in [0, 0.1) is 11.3 Å². The maximum Gasteiger partial charge on any atom is 0.271 e. The van der Waals surface area contributed by atoms with E-state index >= 15 is 0 Å². The van der Waals surface area contributed by atoms with Crippen LogP contribution in [0.15, 0.2) is 71.3 Å². The summed E-state index contributed by atoms with van der Waals surface area (Å²) < 4.78 is 0. The number of carbonyl (C=O) groups is 2. The van der Waals surface area contributed by atoms with Gasteiger partial charge in [0.1, 0.15) is 11.6 Å². The second-order valence-corrected chi connectivity index (χ2v) is 9.48. The first-order valence-corrected chi connectivity index (χ1v) is 11.6. The molecule has 170 valence electrons. The fourth-order valence-electron chi connectivity index (χ4n) is 5.34. The normalized spacial score (nSPS) is 18.1. The summed E-state index contributed by atoms with van der Waals surface area (Å²) in [5.41, 5.74) is 5.61. The van der Waals surface area contributed by atoms with Crippen LogP contribution in [0.4, 0.5) is 11.4 Å². The van der Waals surface area contributed by atoms with Crippen molar-refractivity contribution in [2.45, 2.75) is 33.1 Å². The summed E-state index contributed by atoms with van der Waals surface area (Å²) in [5.74, 6) is -0.912. The molecule has 6 heteroatoms. The van der Waals surface area contributed by atoms with Crippen LogP contribution in [-0.2, 0) is 15.0 Å². The minimum atomic E-state index is -0.534. The third-order valence-electron chi connectivity index (χ3n) is 7.20. The van der Waals surface area contributed by atoms with Crippen molar-refractivity contribution < 1.29 is 9.59 Å². The van der Waals surface area contributed by atoms with Gasteiger partial charge in [-0.15, -0.1) is 0 Å². The molecule has 0 N–H and O–H groups in total. The molecule has 0 fully saturated rings. The third kappa shape index (κ3) is 3.23. The Kier molecular flexibility index (Phi) is 5.18. The Balaban J connectivity index is 1.67. The Morgan fingerprint density at radius 2 is 1.77 bits per heavy atom. The van der Waals surface area contributed by atoms with Crippen molar-refractivity contribution in [3.05, 3.63) is 88.0 Å². The van der Waals surface area contributed by atoms with Crippen LogP contribution in [0.1, 0.15) is 44.4 Å². The standard InChI is InChI=1S/C29H24BN3O2/c1-5-32-27(34)21(17(2)22(16-31)28(32)35)15-18-10-12-20-19(14-18)11-13-25-26(20)29(3,4)23-8-6-7-9-24(23)33(25)30/h6-15H,5H2,1-4H3/b21-15+. The average molecular weight is 457 g/mol. The molecule has 0 saturated heterocycles. The van der Waals surface area contributed by atoms with Gasteiger partial charge in [-0.2, -0.15) is 5.26 Å². The van der Waals surface area contributed by atoms with E-state index in [2.05, 4.69) is 26.0 Å². The molecule has 0 atom stereocenters. The van der Waals surface area contributed by atoms with Gasteiger partial charge in [-0.3, -0.25) is 14.5 Å². The molecule has 2 radical (unpaired) electrons. The van der Waals surface area contributed by atoms with Crippen molar-refractivity contribution in [1.82, 2.24) is 4.90 Å². The van der Waals surface area contributed by atoms with Crippen molar-refractivity contribution in [2.75, 3.05) is 11.4 Å². The Morgan fingerprint density at radius 1 is 1.03 bits per heavy atom. The van der Waals surface area contributed by atoms with Gasteiger partial charge in [0.25, 0.3) is 11.8 Å². The average Bonchev–Trinajstić information content (AvgIpc) is 2.85. The van der Waals surface area contributed by atoms with Crippen molar-refractivity contribution in [3.8, 4) is 6.07 Å². The van der Waals surface area contributed by atoms with Gasteiger partial charge in [0, 0.05) is 28.9 Å². The lowest BCUT2D eigenvalue weighted by atomic mass is 9.71. The van der Waals surface area contributed by atoms with E-state index in [1.807, 2.05) is 48.5 Å². The molecule has 3 aromatic rings. The smallest absolute Gasteiger partial charge is 0.271 e. The second kappa shape index (κ2) is 7.99. The number of fused-ring (bicyclic) bond motifs is 4. The molecule has 0 unspecified atom stereocenters. The second-order valence-electron chi connectivity index (χ2n) is 9.48.